The van der Waals surface area contributed by atoms with Crippen LogP contribution in [0.5, 0.6) is 5.75 Å². The average Bonchev–Trinajstić information content (AvgIpc) is 3.29. The van der Waals surface area contributed by atoms with Crippen LogP contribution in [0.2, 0.25) is 5.02 Å². The summed E-state index contributed by atoms with van der Waals surface area (Å²) in [5, 5.41) is 12.2. The lowest BCUT2D eigenvalue weighted by Crippen LogP contribution is -2.70. The average molecular weight is 507 g/mol. The standard InChI is InChI=1S/C22H19ClN2O8S/c1-11(26)31-8-12-10-34-21-17(20(28)25(21)18(12)22(29)30)24-19(27)16-7-6-15(33-16)9-32-14-4-2-13(23)3-5-14/h2-7,17,21H,8-10H2,1H3,(H,24,27)(H,29,30)/t17-,21-/m0/s1. The molecule has 2 amide bonds. The summed E-state index contributed by atoms with van der Waals surface area (Å²) >= 11 is 7.11. The van der Waals surface area contributed by atoms with Crippen molar-refractivity contribution in [3.63, 3.8) is 0 Å². The number of carbonyl (C=O) groups is 4. The van der Waals surface area contributed by atoms with E-state index in [0.29, 0.717) is 22.1 Å². The number of benzene rings is 1. The Labute approximate surface area is 202 Å². The number of nitrogens with zero attached hydrogens (tertiary/aromatic N) is 1. The molecule has 178 valence electrons. The smallest absolute Gasteiger partial charge is 0.352 e. The van der Waals surface area contributed by atoms with Gasteiger partial charge in [-0.1, -0.05) is 11.6 Å². The first-order chi connectivity index (χ1) is 16.2. The number of nitrogens with one attached hydrogen (secondary N) is 1. The molecule has 0 radical (unpaired) electrons. The van der Waals surface area contributed by atoms with Crippen LogP contribution in [0.4, 0.5) is 0 Å². The minimum Gasteiger partial charge on any atom is -0.486 e. The molecule has 2 aromatic rings. The minimum atomic E-state index is -1.30. The van der Waals surface area contributed by atoms with Crippen molar-refractivity contribution in [1.82, 2.24) is 10.2 Å². The Bertz CT molecular complexity index is 1180. The first-order valence-electron chi connectivity index (χ1n) is 10.1. The molecule has 2 N–H and O–H groups in total. The molecule has 12 heteroatoms. The molecule has 0 unspecified atom stereocenters. The molecule has 0 aliphatic carbocycles. The monoisotopic (exact) mass is 506 g/mol. The van der Waals surface area contributed by atoms with E-state index in [9.17, 15) is 24.3 Å². The molecular weight excluding hydrogens is 488 g/mol. The zero-order chi connectivity index (χ0) is 24.4. The molecule has 0 saturated carbocycles. The van der Waals surface area contributed by atoms with Crippen LogP contribution < -0.4 is 10.1 Å². The molecule has 1 aromatic carbocycles. The van der Waals surface area contributed by atoms with Gasteiger partial charge < -0.3 is 24.3 Å². The molecule has 4 rings (SSSR count). The van der Waals surface area contributed by atoms with Gasteiger partial charge in [0.1, 0.15) is 41.8 Å². The van der Waals surface area contributed by atoms with E-state index in [4.69, 9.17) is 25.5 Å². The van der Waals surface area contributed by atoms with E-state index in [-0.39, 0.29) is 30.4 Å². The largest absolute Gasteiger partial charge is 0.486 e. The van der Waals surface area contributed by atoms with Crippen molar-refractivity contribution in [1.29, 1.82) is 0 Å². The Morgan fingerprint density at radius 2 is 1.94 bits per heavy atom. The lowest BCUT2D eigenvalue weighted by molar-refractivity contribution is -0.149. The van der Waals surface area contributed by atoms with Crippen molar-refractivity contribution in [2.45, 2.75) is 24.9 Å². The highest BCUT2D eigenvalue weighted by Crippen LogP contribution is 2.40. The van der Waals surface area contributed by atoms with E-state index in [1.807, 2.05) is 0 Å². The van der Waals surface area contributed by atoms with Gasteiger partial charge in [0.2, 0.25) is 0 Å². The number of furan rings is 1. The third-order valence-corrected chi connectivity index (χ3v) is 6.66. The van der Waals surface area contributed by atoms with E-state index >= 15 is 0 Å². The third-order valence-electron chi connectivity index (χ3n) is 5.07. The van der Waals surface area contributed by atoms with Crippen molar-refractivity contribution in [3.8, 4) is 5.75 Å². The van der Waals surface area contributed by atoms with Gasteiger partial charge >= 0.3 is 11.9 Å². The van der Waals surface area contributed by atoms with Crippen LogP contribution in [-0.2, 0) is 25.7 Å². The van der Waals surface area contributed by atoms with Gasteiger partial charge in [0.05, 0.1) is 0 Å². The number of carbonyl (C=O) groups excluding carboxylic acids is 3. The van der Waals surface area contributed by atoms with Crippen LogP contribution in [0.3, 0.4) is 0 Å². The predicted octanol–water partition coefficient (Wildman–Crippen LogP) is 2.43. The maximum atomic E-state index is 12.7. The molecule has 1 saturated heterocycles. The van der Waals surface area contributed by atoms with Gasteiger partial charge in [-0.25, -0.2) is 4.79 Å². The third kappa shape index (κ3) is 4.90. The van der Waals surface area contributed by atoms with Crippen molar-refractivity contribution >= 4 is 47.1 Å². The van der Waals surface area contributed by atoms with E-state index in [1.165, 1.54) is 24.8 Å². The summed E-state index contributed by atoms with van der Waals surface area (Å²) in [7, 11) is 0. The van der Waals surface area contributed by atoms with Gasteiger partial charge in [-0.2, -0.15) is 0 Å². The van der Waals surface area contributed by atoms with Crippen molar-refractivity contribution < 1.29 is 38.2 Å². The predicted molar refractivity (Wildman–Crippen MR) is 120 cm³/mol. The highest BCUT2D eigenvalue weighted by Gasteiger charge is 2.54. The number of ether oxygens (including phenoxy) is 2. The number of halogens is 1. The van der Waals surface area contributed by atoms with Gasteiger partial charge in [-0.05, 0) is 36.4 Å². The number of carboxylic acids is 1. The summed E-state index contributed by atoms with van der Waals surface area (Å²) in [6.45, 7) is 1.08. The zero-order valence-corrected chi connectivity index (χ0v) is 19.4. The molecule has 0 spiro atoms. The Morgan fingerprint density at radius 3 is 2.62 bits per heavy atom. The summed E-state index contributed by atoms with van der Waals surface area (Å²) < 4.78 is 16.0. The van der Waals surface area contributed by atoms with Crippen molar-refractivity contribution in [2.24, 2.45) is 0 Å². The van der Waals surface area contributed by atoms with Gasteiger partial charge in [-0.15, -0.1) is 11.8 Å². The molecule has 2 aliphatic heterocycles. The number of fused-ring (bicyclic) bond motifs is 1. The van der Waals surface area contributed by atoms with Crippen LogP contribution >= 0.6 is 23.4 Å². The van der Waals surface area contributed by atoms with Crippen LogP contribution in [0.1, 0.15) is 23.2 Å². The van der Waals surface area contributed by atoms with Gasteiger partial charge in [0.15, 0.2) is 5.76 Å². The maximum Gasteiger partial charge on any atom is 0.352 e. The topological polar surface area (TPSA) is 135 Å². The number of hydrogen-bond donors (Lipinski definition) is 2. The number of hydrogen-bond acceptors (Lipinski definition) is 8. The number of β-lactam (4-membered cyclic amide) rings is 1. The first kappa shape index (κ1) is 23.7. The fourth-order valence-corrected chi connectivity index (χ4v) is 4.91. The highest BCUT2D eigenvalue weighted by atomic mass is 35.5. The minimum absolute atomic E-state index is 0.00804. The summed E-state index contributed by atoms with van der Waals surface area (Å²) in [6, 6.07) is 8.90. The molecule has 10 nitrogen and oxygen atoms in total. The molecule has 34 heavy (non-hydrogen) atoms. The molecule has 0 bridgehead atoms. The highest BCUT2D eigenvalue weighted by molar-refractivity contribution is 8.00. The number of aliphatic carboxylic acids is 1. The summed E-state index contributed by atoms with van der Waals surface area (Å²) in [5.41, 5.74) is 0.0959. The fraction of sp³-hybridized carbons (Fsp3) is 0.273. The molecule has 2 aliphatic rings. The maximum absolute atomic E-state index is 12.7. The summed E-state index contributed by atoms with van der Waals surface area (Å²) in [5.74, 6) is -1.82. The normalized spacial score (nSPS) is 19.2. The quantitative estimate of drug-likeness (QED) is 0.408. The molecule has 1 fully saturated rings. The van der Waals surface area contributed by atoms with Crippen LogP contribution in [-0.4, -0.2) is 57.5 Å². The van der Waals surface area contributed by atoms with Gasteiger partial charge in [0, 0.05) is 23.3 Å². The second-order valence-electron chi connectivity index (χ2n) is 7.41. The van der Waals surface area contributed by atoms with E-state index in [1.54, 1.807) is 30.3 Å². The van der Waals surface area contributed by atoms with Crippen LogP contribution in [0, 0.1) is 0 Å². The molecule has 3 heterocycles. The number of thioether (sulfide) groups is 1. The zero-order valence-electron chi connectivity index (χ0n) is 17.8. The molecule has 1 aromatic heterocycles. The molecular formula is C22H19ClN2O8S. The van der Waals surface area contributed by atoms with Crippen LogP contribution in [0.25, 0.3) is 0 Å². The van der Waals surface area contributed by atoms with Crippen molar-refractivity contribution in [2.75, 3.05) is 12.4 Å². The van der Waals surface area contributed by atoms with E-state index < -0.39 is 35.2 Å². The lowest BCUT2D eigenvalue weighted by Gasteiger charge is -2.49. The summed E-state index contributed by atoms with van der Waals surface area (Å²) in [4.78, 5) is 49.2. The SMILES string of the molecule is CC(=O)OCC1=C(C(=O)O)N2C(=O)[C@H](NC(=O)c3ccc(COc4ccc(Cl)cc4)o3)[C@@H]2SC1. The molecule has 2 atom stereocenters. The van der Waals surface area contributed by atoms with Crippen LogP contribution in [0.15, 0.2) is 52.1 Å². The number of esters is 1. The fourth-order valence-electron chi connectivity index (χ4n) is 3.46. The van der Waals surface area contributed by atoms with E-state index in [0.717, 1.165) is 4.90 Å². The van der Waals surface area contributed by atoms with Gasteiger partial charge in [0.25, 0.3) is 11.8 Å². The second kappa shape index (κ2) is 9.82. The number of carboxylic acid groups (broad SMARTS) is 1. The Balaban J connectivity index is 1.37. The van der Waals surface area contributed by atoms with E-state index in [2.05, 4.69) is 5.32 Å². The second-order valence-corrected chi connectivity index (χ2v) is 8.95. The Hall–Kier alpha value is -3.44. The van der Waals surface area contributed by atoms with Gasteiger partial charge in [-0.3, -0.25) is 19.3 Å². The lowest BCUT2D eigenvalue weighted by atomic mass is 10.0. The van der Waals surface area contributed by atoms with Crippen molar-refractivity contribution in [3.05, 3.63) is 64.2 Å². The Kier molecular flexibility index (Phi) is 6.85. The number of amides is 2. The Morgan fingerprint density at radius 1 is 1.21 bits per heavy atom. The summed E-state index contributed by atoms with van der Waals surface area (Å²) in [6.07, 6.45) is 0. The number of rotatable bonds is 8. The first-order valence-corrected chi connectivity index (χ1v) is 11.5.